The van der Waals surface area contributed by atoms with E-state index < -0.39 is 0 Å². The van der Waals surface area contributed by atoms with E-state index in [1.165, 1.54) is 0 Å². The second kappa shape index (κ2) is 12.9. The molecule has 0 saturated heterocycles. The molecule has 3 rings (SSSR count). The lowest BCUT2D eigenvalue weighted by atomic mass is 10.2. The quantitative estimate of drug-likeness (QED) is 0.223. The molecule has 9 heteroatoms. The van der Waals surface area contributed by atoms with E-state index in [1.807, 2.05) is 79.6 Å². The Morgan fingerprint density at radius 3 is 2.55 bits per heavy atom. The second-order valence-corrected chi connectivity index (χ2v) is 7.85. The van der Waals surface area contributed by atoms with Crippen LogP contribution in [-0.2, 0) is 17.9 Å². The summed E-state index contributed by atoms with van der Waals surface area (Å²) in [5.41, 5.74) is 3.93. The second-order valence-electron chi connectivity index (χ2n) is 7.85. The van der Waals surface area contributed by atoms with Crippen LogP contribution in [0.2, 0.25) is 0 Å². The van der Waals surface area contributed by atoms with Gasteiger partial charge in [0.05, 0.1) is 25.0 Å². The molecule has 0 saturated carbocycles. The molecular formula is C24H32IN7O. The highest BCUT2D eigenvalue weighted by Gasteiger charge is 2.10. The number of H-pyrrole nitrogens is 1. The van der Waals surface area contributed by atoms with Gasteiger partial charge in [-0.2, -0.15) is 0 Å². The molecule has 1 heterocycles. The molecule has 3 aromatic rings. The van der Waals surface area contributed by atoms with Gasteiger partial charge in [-0.1, -0.05) is 42.5 Å². The summed E-state index contributed by atoms with van der Waals surface area (Å²) >= 11 is 0. The smallest absolute Gasteiger partial charge is 0.238 e. The molecule has 0 unspecified atom stereocenters. The monoisotopic (exact) mass is 561 g/mol. The van der Waals surface area contributed by atoms with Gasteiger partial charge in [0.15, 0.2) is 5.96 Å². The topological polar surface area (TPSA) is 88.7 Å². The fourth-order valence-corrected chi connectivity index (χ4v) is 3.32. The number of rotatable bonds is 8. The molecular weight excluding hydrogens is 529 g/mol. The predicted molar refractivity (Wildman–Crippen MR) is 145 cm³/mol. The minimum absolute atomic E-state index is 0. The van der Waals surface area contributed by atoms with Crippen molar-refractivity contribution in [1.82, 2.24) is 25.1 Å². The van der Waals surface area contributed by atoms with Gasteiger partial charge in [0, 0.05) is 26.3 Å². The number of benzene rings is 2. The van der Waals surface area contributed by atoms with Gasteiger partial charge >= 0.3 is 0 Å². The molecule has 2 aromatic carbocycles. The Morgan fingerprint density at radius 1 is 1.09 bits per heavy atom. The van der Waals surface area contributed by atoms with E-state index in [9.17, 15) is 4.79 Å². The van der Waals surface area contributed by atoms with Crippen molar-refractivity contribution in [2.45, 2.75) is 13.1 Å². The lowest BCUT2D eigenvalue weighted by Crippen LogP contribution is -2.38. The maximum absolute atomic E-state index is 12.0. The summed E-state index contributed by atoms with van der Waals surface area (Å²) in [7, 11) is 7.46. The van der Waals surface area contributed by atoms with Crippen LogP contribution < -0.4 is 10.6 Å². The summed E-state index contributed by atoms with van der Waals surface area (Å²) in [6.45, 7) is 1.52. The summed E-state index contributed by atoms with van der Waals surface area (Å²) in [5, 5.41) is 6.30. The van der Waals surface area contributed by atoms with Gasteiger partial charge in [-0.05, 0) is 37.4 Å². The van der Waals surface area contributed by atoms with Crippen molar-refractivity contribution < 1.29 is 4.79 Å². The number of aliphatic imine (C=N–C) groups is 1. The predicted octanol–water partition coefficient (Wildman–Crippen LogP) is 3.40. The summed E-state index contributed by atoms with van der Waals surface area (Å²) in [5.74, 6) is 1.58. The van der Waals surface area contributed by atoms with Crippen LogP contribution in [0.4, 0.5) is 5.69 Å². The summed E-state index contributed by atoms with van der Waals surface area (Å²) < 4.78 is 0. The molecule has 176 valence electrons. The summed E-state index contributed by atoms with van der Waals surface area (Å²) in [4.78, 5) is 28.1. The molecule has 0 spiro atoms. The van der Waals surface area contributed by atoms with Crippen molar-refractivity contribution >= 4 is 41.5 Å². The number of hydrogen-bond donors (Lipinski definition) is 3. The molecule has 33 heavy (non-hydrogen) atoms. The zero-order chi connectivity index (χ0) is 22.9. The summed E-state index contributed by atoms with van der Waals surface area (Å²) in [6.07, 6.45) is 1.85. The molecule has 0 atom stereocenters. The van der Waals surface area contributed by atoms with Crippen molar-refractivity contribution in [3.05, 3.63) is 72.2 Å². The van der Waals surface area contributed by atoms with E-state index in [2.05, 4.69) is 37.7 Å². The fraction of sp³-hybridized carbons (Fsp3) is 0.292. The van der Waals surface area contributed by atoms with Crippen LogP contribution in [0.3, 0.4) is 0 Å². The Morgan fingerprint density at radius 2 is 1.85 bits per heavy atom. The SMILES string of the molecule is CN=C(NCc1cccc(NC(=O)CN(C)C)c1)N(C)Cc1ncc(-c2ccccc2)[nH]1.I. The Hall–Kier alpha value is -2.92. The average Bonchev–Trinajstić information content (AvgIpc) is 3.23. The molecule has 1 aromatic heterocycles. The third-order valence-corrected chi connectivity index (χ3v) is 4.79. The largest absolute Gasteiger partial charge is 0.352 e. The summed E-state index contributed by atoms with van der Waals surface area (Å²) in [6, 6.07) is 17.9. The van der Waals surface area contributed by atoms with Gasteiger partial charge in [-0.25, -0.2) is 4.98 Å². The van der Waals surface area contributed by atoms with E-state index in [0.717, 1.165) is 34.3 Å². The van der Waals surface area contributed by atoms with E-state index in [1.54, 1.807) is 7.05 Å². The van der Waals surface area contributed by atoms with Gasteiger partial charge in [0.2, 0.25) is 5.91 Å². The van der Waals surface area contributed by atoms with Crippen molar-refractivity contribution in [3.63, 3.8) is 0 Å². The number of likely N-dealkylation sites (N-methyl/N-ethyl adjacent to an activating group) is 1. The zero-order valence-electron chi connectivity index (χ0n) is 19.5. The minimum atomic E-state index is -0.0380. The van der Waals surface area contributed by atoms with E-state index in [4.69, 9.17) is 0 Å². The molecule has 1 amide bonds. The molecule has 0 bridgehead atoms. The number of aromatic nitrogens is 2. The third kappa shape index (κ3) is 8.17. The highest BCUT2D eigenvalue weighted by molar-refractivity contribution is 14.0. The lowest BCUT2D eigenvalue weighted by Gasteiger charge is -2.21. The van der Waals surface area contributed by atoms with Crippen LogP contribution in [0.15, 0.2) is 65.8 Å². The molecule has 0 aliphatic heterocycles. The maximum atomic E-state index is 12.0. The molecule has 0 radical (unpaired) electrons. The molecule has 0 fully saturated rings. The Kier molecular flexibility index (Phi) is 10.3. The van der Waals surface area contributed by atoms with Crippen molar-refractivity contribution in [3.8, 4) is 11.3 Å². The number of aromatic amines is 1. The van der Waals surface area contributed by atoms with Gasteiger partial charge < -0.3 is 25.4 Å². The van der Waals surface area contributed by atoms with Crippen LogP contribution >= 0.6 is 24.0 Å². The van der Waals surface area contributed by atoms with Gasteiger partial charge in [0.25, 0.3) is 0 Å². The van der Waals surface area contributed by atoms with E-state index in [-0.39, 0.29) is 29.9 Å². The van der Waals surface area contributed by atoms with Crippen LogP contribution in [-0.4, -0.2) is 66.4 Å². The molecule has 3 N–H and O–H groups in total. The molecule has 0 aliphatic carbocycles. The van der Waals surface area contributed by atoms with Crippen molar-refractivity contribution in [2.24, 2.45) is 4.99 Å². The number of hydrogen-bond acceptors (Lipinski definition) is 4. The number of imidazole rings is 1. The number of halogens is 1. The first-order chi connectivity index (χ1) is 15.4. The average molecular weight is 561 g/mol. The number of carbonyl (C=O) groups is 1. The normalized spacial score (nSPS) is 11.1. The fourth-order valence-electron chi connectivity index (χ4n) is 3.32. The highest BCUT2D eigenvalue weighted by Crippen LogP contribution is 2.16. The van der Waals surface area contributed by atoms with E-state index in [0.29, 0.717) is 19.6 Å². The van der Waals surface area contributed by atoms with Crippen LogP contribution in [0.5, 0.6) is 0 Å². The number of amides is 1. The zero-order valence-corrected chi connectivity index (χ0v) is 21.8. The van der Waals surface area contributed by atoms with Gasteiger partial charge in [-0.15, -0.1) is 24.0 Å². The molecule has 0 aliphatic rings. The first-order valence-corrected chi connectivity index (χ1v) is 10.5. The van der Waals surface area contributed by atoms with Gasteiger partial charge in [-0.3, -0.25) is 9.79 Å². The lowest BCUT2D eigenvalue weighted by molar-refractivity contribution is -0.116. The number of anilines is 1. The van der Waals surface area contributed by atoms with Crippen molar-refractivity contribution in [1.29, 1.82) is 0 Å². The maximum Gasteiger partial charge on any atom is 0.238 e. The minimum Gasteiger partial charge on any atom is -0.352 e. The number of nitrogens with zero attached hydrogens (tertiary/aromatic N) is 4. The van der Waals surface area contributed by atoms with Gasteiger partial charge in [0.1, 0.15) is 5.82 Å². The first kappa shape index (κ1) is 26.3. The number of guanidine groups is 1. The Balaban J connectivity index is 0.00000385. The number of carbonyl (C=O) groups excluding carboxylic acids is 1. The first-order valence-electron chi connectivity index (χ1n) is 10.5. The van der Waals surface area contributed by atoms with E-state index >= 15 is 0 Å². The van der Waals surface area contributed by atoms with Crippen LogP contribution in [0.1, 0.15) is 11.4 Å². The highest BCUT2D eigenvalue weighted by atomic mass is 127. The molecule has 8 nitrogen and oxygen atoms in total. The Bertz CT molecular complexity index is 1050. The van der Waals surface area contributed by atoms with Crippen LogP contribution in [0, 0.1) is 0 Å². The standard InChI is InChI=1S/C24H31N7O.HI/c1-25-24(27-14-18-9-8-12-20(13-18)28-23(32)17-30(2)3)31(4)16-22-26-15-21(29-22)19-10-6-5-7-11-19;/h5-13,15H,14,16-17H2,1-4H3,(H,25,27)(H,26,29)(H,28,32);1H. The Labute approximate surface area is 212 Å². The number of nitrogens with one attached hydrogen (secondary N) is 3. The third-order valence-electron chi connectivity index (χ3n) is 4.79. The van der Waals surface area contributed by atoms with Crippen LogP contribution in [0.25, 0.3) is 11.3 Å². The van der Waals surface area contributed by atoms with Crippen molar-refractivity contribution in [2.75, 3.05) is 40.1 Å².